The van der Waals surface area contributed by atoms with Crippen LogP contribution in [-0.4, -0.2) is 32.3 Å². The Bertz CT molecular complexity index is 587. The maximum Gasteiger partial charge on any atom is 0.308 e. The maximum atomic E-state index is 11.0. The molecule has 1 saturated heterocycles. The molecular formula is C12H13N3O3. The molecule has 0 saturated carbocycles. The Kier molecular flexibility index (Phi) is 2.71. The molecule has 6 heteroatoms. The number of nitrogens with zero attached hydrogens (tertiary/aromatic N) is 3. The van der Waals surface area contributed by atoms with Crippen LogP contribution in [0.15, 0.2) is 18.5 Å². The number of carboxylic acid groups (broad SMARTS) is 1. The van der Waals surface area contributed by atoms with E-state index in [2.05, 4.69) is 10.1 Å². The van der Waals surface area contributed by atoms with Crippen molar-refractivity contribution in [1.29, 1.82) is 0 Å². The van der Waals surface area contributed by atoms with E-state index in [1.807, 2.05) is 0 Å². The van der Waals surface area contributed by atoms with Crippen LogP contribution < -0.4 is 0 Å². The molecule has 0 spiro atoms. The fraction of sp³-hybridized carbons (Fsp3) is 0.417. The van der Waals surface area contributed by atoms with Gasteiger partial charge in [-0.25, -0.2) is 9.50 Å². The molecule has 3 heterocycles. The third-order valence-corrected chi connectivity index (χ3v) is 3.08. The second-order valence-electron chi connectivity index (χ2n) is 4.32. The van der Waals surface area contributed by atoms with Crippen molar-refractivity contribution >= 4 is 11.6 Å². The Morgan fingerprint density at radius 3 is 3.22 bits per heavy atom. The van der Waals surface area contributed by atoms with E-state index in [1.165, 1.54) is 0 Å². The van der Waals surface area contributed by atoms with Gasteiger partial charge in [-0.2, -0.15) is 5.10 Å². The number of hydrogen-bond donors (Lipinski definition) is 1. The van der Waals surface area contributed by atoms with E-state index in [-0.39, 0.29) is 12.5 Å². The van der Waals surface area contributed by atoms with Crippen molar-refractivity contribution in [2.24, 2.45) is 0 Å². The summed E-state index contributed by atoms with van der Waals surface area (Å²) in [4.78, 5) is 15.2. The molecule has 94 valence electrons. The molecule has 0 bridgehead atoms. The molecule has 1 aliphatic rings. The number of fused-ring (bicyclic) bond motifs is 1. The molecule has 3 rings (SSSR count). The first-order valence-corrected chi connectivity index (χ1v) is 5.91. The molecule has 2 aromatic rings. The van der Waals surface area contributed by atoms with Gasteiger partial charge in [0, 0.05) is 24.6 Å². The van der Waals surface area contributed by atoms with Crippen molar-refractivity contribution in [3.8, 4) is 0 Å². The number of hydrogen-bond acceptors (Lipinski definition) is 4. The summed E-state index contributed by atoms with van der Waals surface area (Å²) < 4.78 is 7.21. The molecule has 18 heavy (non-hydrogen) atoms. The average molecular weight is 247 g/mol. The number of aliphatic carboxylic acids is 1. The lowest BCUT2D eigenvalue weighted by Crippen LogP contribution is -2.06. The molecule has 0 aromatic carbocycles. The van der Waals surface area contributed by atoms with Crippen LogP contribution in [0.5, 0.6) is 0 Å². The van der Waals surface area contributed by atoms with Crippen LogP contribution in [0.3, 0.4) is 0 Å². The highest BCUT2D eigenvalue weighted by Gasteiger charge is 2.26. The Hall–Kier alpha value is -1.95. The van der Waals surface area contributed by atoms with Gasteiger partial charge in [0.05, 0.1) is 12.1 Å². The molecule has 0 radical (unpaired) electrons. The predicted molar refractivity (Wildman–Crippen MR) is 62.3 cm³/mol. The highest BCUT2D eigenvalue weighted by Crippen LogP contribution is 2.31. The summed E-state index contributed by atoms with van der Waals surface area (Å²) in [5.74, 6) is -0.880. The first-order chi connectivity index (χ1) is 8.75. The van der Waals surface area contributed by atoms with E-state index in [1.54, 1.807) is 23.0 Å². The Balaban J connectivity index is 2.12. The highest BCUT2D eigenvalue weighted by molar-refractivity contribution is 5.74. The Morgan fingerprint density at radius 2 is 2.50 bits per heavy atom. The van der Waals surface area contributed by atoms with Crippen LogP contribution in [-0.2, 0) is 16.0 Å². The molecule has 1 unspecified atom stereocenters. The molecule has 1 fully saturated rings. The Labute approximate surface area is 103 Å². The maximum absolute atomic E-state index is 11.0. The lowest BCUT2D eigenvalue weighted by molar-refractivity contribution is -0.136. The normalized spacial score (nSPS) is 19.4. The smallest absolute Gasteiger partial charge is 0.308 e. The van der Waals surface area contributed by atoms with Gasteiger partial charge in [0.1, 0.15) is 6.10 Å². The molecular weight excluding hydrogens is 234 g/mol. The van der Waals surface area contributed by atoms with Crippen LogP contribution in [0.2, 0.25) is 0 Å². The van der Waals surface area contributed by atoms with Gasteiger partial charge in [0.2, 0.25) is 0 Å². The molecule has 0 amide bonds. The van der Waals surface area contributed by atoms with E-state index in [9.17, 15) is 4.79 Å². The SMILES string of the molecule is O=C(O)Cc1c(C2CCCO2)nn2cccnc12. The fourth-order valence-electron chi connectivity index (χ4n) is 2.32. The quantitative estimate of drug-likeness (QED) is 0.882. The summed E-state index contributed by atoms with van der Waals surface area (Å²) in [6, 6.07) is 1.77. The third-order valence-electron chi connectivity index (χ3n) is 3.08. The number of rotatable bonds is 3. The number of ether oxygens (including phenoxy) is 1. The second kappa shape index (κ2) is 4.38. The van der Waals surface area contributed by atoms with Crippen molar-refractivity contribution in [3.63, 3.8) is 0 Å². The zero-order valence-corrected chi connectivity index (χ0v) is 9.74. The van der Waals surface area contributed by atoms with Crippen LogP contribution in [0.25, 0.3) is 5.65 Å². The monoisotopic (exact) mass is 247 g/mol. The molecule has 1 aliphatic heterocycles. The molecule has 2 aromatic heterocycles. The zero-order valence-electron chi connectivity index (χ0n) is 9.74. The summed E-state index contributed by atoms with van der Waals surface area (Å²) in [7, 11) is 0. The second-order valence-corrected chi connectivity index (χ2v) is 4.32. The zero-order chi connectivity index (χ0) is 12.5. The number of aromatic nitrogens is 3. The van der Waals surface area contributed by atoms with Crippen molar-refractivity contribution in [2.75, 3.05) is 6.61 Å². The molecule has 6 nitrogen and oxygen atoms in total. The van der Waals surface area contributed by atoms with E-state index in [4.69, 9.17) is 9.84 Å². The largest absolute Gasteiger partial charge is 0.481 e. The summed E-state index contributed by atoms with van der Waals surface area (Å²) in [5, 5.41) is 13.4. The van der Waals surface area contributed by atoms with Gasteiger partial charge < -0.3 is 9.84 Å². The van der Waals surface area contributed by atoms with Crippen molar-refractivity contribution in [2.45, 2.75) is 25.4 Å². The van der Waals surface area contributed by atoms with Gasteiger partial charge in [-0.3, -0.25) is 4.79 Å². The van der Waals surface area contributed by atoms with E-state index in [0.29, 0.717) is 23.5 Å². The standard InChI is InChI=1S/C12H13N3O3/c16-10(17)7-8-11(9-3-1-6-18-9)14-15-5-2-4-13-12(8)15/h2,4-5,9H,1,3,6-7H2,(H,16,17). The van der Waals surface area contributed by atoms with Gasteiger partial charge in [-0.15, -0.1) is 0 Å². The van der Waals surface area contributed by atoms with Gasteiger partial charge in [-0.05, 0) is 18.9 Å². The van der Waals surface area contributed by atoms with Crippen LogP contribution >= 0.6 is 0 Å². The average Bonchev–Trinajstić information content (AvgIpc) is 2.96. The van der Waals surface area contributed by atoms with Crippen LogP contribution in [0.4, 0.5) is 0 Å². The topological polar surface area (TPSA) is 76.7 Å². The minimum atomic E-state index is -0.880. The summed E-state index contributed by atoms with van der Waals surface area (Å²) in [6.07, 6.45) is 5.11. The van der Waals surface area contributed by atoms with Crippen LogP contribution in [0, 0.1) is 0 Å². The lowest BCUT2D eigenvalue weighted by Gasteiger charge is -2.07. The fourth-order valence-corrected chi connectivity index (χ4v) is 2.32. The molecule has 1 N–H and O–H groups in total. The Morgan fingerprint density at radius 1 is 1.61 bits per heavy atom. The van der Waals surface area contributed by atoms with E-state index < -0.39 is 5.97 Å². The predicted octanol–water partition coefficient (Wildman–Crippen LogP) is 1.21. The first-order valence-electron chi connectivity index (χ1n) is 5.91. The summed E-state index contributed by atoms with van der Waals surface area (Å²) in [6.45, 7) is 0.707. The first kappa shape index (κ1) is 11.2. The van der Waals surface area contributed by atoms with Gasteiger partial charge in [0.25, 0.3) is 0 Å². The van der Waals surface area contributed by atoms with E-state index in [0.717, 1.165) is 12.8 Å². The number of carbonyl (C=O) groups is 1. The summed E-state index contributed by atoms with van der Waals surface area (Å²) in [5.41, 5.74) is 1.98. The van der Waals surface area contributed by atoms with Crippen molar-refractivity contribution < 1.29 is 14.6 Å². The van der Waals surface area contributed by atoms with Crippen LogP contribution in [0.1, 0.15) is 30.2 Å². The van der Waals surface area contributed by atoms with Crippen molar-refractivity contribution in [3.05, 3.63) is 29.7 Å². The minimum Gasteiger partial charge on any atom is -0.481 e. The number of carboxylic acids is 1. The van der Waals surface area contributed by atoms with Gasteiger partial charge in [-0.1, -0.05) is 0 Å². The summed E-state index contributed by atoms with van der Waals surface area (Å²) >= 11 is 0. The molecule has 1 atom stereocenters. The van der Waals surface area contributed by atoms with Gasteiger partial charge >= 0.3 is 5.97 Å². The third kappa shape index (κ3) is 1.84. The molecule has 0 aliphatic carbocycles. The highest BCUT2D eigenvalue weighted by atomic mass is 16.5. The van der Waals surface area contributed by atoms with E-state index >= 15 is 0 Å². The van der Waals surface area contributed by atoms with Crippen molar-refractivity contribution in [1.82, 2.24) is 14.6 Å². The lowest BCUT2D eigenvalue weighted by atomic mass is 10.1. The van der Waals surface area contributed by atoms with Gasteiger partial charge in [0.15, 0.2) is 5.65 Å². The minimum absolute atomic E-state index is 0.0737.